The van der Waals surface area contributed by atoms with E-state index in [0.717, 1.165) is 13.1 Å². The predicted octanol–water partition coefficient (Wildman–Crippen LogP) is 2.85. The lowest BCUT2D eigenvalue weighted by Gasteiger charge is -2.09. The Kier molecular flexibility index (Phi) is 3.31. The van der Waals surface area contributed by atoms with Gasteiger partial charge in [-0.15, -0.1) is 4.91 Å². The van der Waals surface area contributed by atoms with Gasteiger partial charge in [-0.2, -0.15) is 0 Å². The first-order valence-corrected chi connectivity index (χ1v) is 6.68. The molecule has 6 heteroatoms. The van der Waals surface area contributed by atoms with Crippen molar-refractivity contribution >= 4 is 27.2 Å². The summed E-state index contributed by atoms with van der Waals surface area (Å²) in [4.78, 5) is 17.3. The first-order chi connectivity index (χ1) is 10.1. The third kappa shape index (κ3) is 2.23. The summed E-state index contributed by atoms with van der Waals surface area (Å²) in [6.07, 6.45) is 6.84. The van der Waals surface area contributed by atoms with Gasteiger partial charge < -0.3 is 14.6 Å². The lowest BCUT2D eigenvalue weighted by molar-refractivity contribution is 0.384. The van der Waals surface area contributed by atoms with Crippen molar-refractivity contribution in [2.45, 2.75) is 6.54 Å². The van der Waals surface area contributed by atoms with Crippen LogP contribution in [0.5, 0.6) is 5.75 Å². The number of hydrogen-bond donors (Lipinski definition) is 1. The molecule has 0 aliphatic rings. The summed E-state index contributed by atoms with van der Waals surface area (Å²) in [5, 5.41) is 16.0. The number of aromatic hydroxyl groups is 1. The molecule has 2 aromatic heterocycles. The first-order valence-electron chi connectivity index (χ1n) is 6.68. The van der Waals surface area contributed by atoms with Crippen LogP contribution >= 0.6 is 0 Å². The van der Waals surface area contributed by atoms with Crippen LogP contribution in [-0.4, -0.2) is 40.2 Å². The lowest BCUT2D eigenvalue weighted by atomic mass is 10.1. The number of phenolic OH excluding ortho intramolecular Hbond substituents is 1. The highest BCUT2D eigenvalue weighted by molar-refractivity contribution is 6.14. The van der Waals surface area contributed by atoms with Gasteiger partial charge in [0.15, 0.2) is 0 Å². The summed E-state index contributed by atoms with van der Waals surface area (Å²) in [5.41, 5.74) is 0.351. The highest BCUT2D eigenvalue weighted by Gasteiger charge is 2.16. The van der Waals surface area contributed by atoms with Crippen molar-refractivity contribution in [3.8, 4) is 5.75 Å². The maximum absolute atomic E-state index is 11.3. The van der Waals surface area contributed by atoms with Crippen LogP contribution in [0.25, 0.3) is 21.5 Å². The average Bonchev–Trinajstić information content (AvgIpc) is 2.90. The van der Waals surface area contributed by atoms with E-state index in [1.54, 1.807) is 18.5 Å². The third-order valence-electron chi connectivity index (χ3n) is 3.62. The largest absolute Gasteiger partial charge is 0.507 e. The van der Waals surface area contributed by atoms with Crippen LogP contribution in [0.15, 0.2) is 36.0 Å². The molecular weight excluding hydrogens is 268 g/mol. The molecule has 3 aromatic rings. The maximum atomic E-state index is 11.3. The molecule has 0 saturated carbocycles. The quantitative estimate of drug-likeness (QED) is 0.748. The Morgan fingerprint density at radius 3 is 2.71 bits per heavy atom. The highest BCUT2D eigenvalue weighted by Crippen LogP contribution is 2.41. The lowest BCUT2D eigenvalue weighted by Crippen LogP contribution is -2.17. The zero-order valence-electron chi connectivity index (χ0n) is 11.9. The number of fused-ring (bicyclic) bond motifs is 2. The fourth-order valence-corrected chi connectivity index (χ4v) is 2.51. The summed E-state index contributed by atoms with van der Waals surface area (Å²) < 4.78 is 1.96. The number of likely N-dealkylation sites (N-methyl/N-ethyl adjacent to an activating group) is 1. The molecule has 21 heavy (non-hydrogen) atoms. The van der Waals surface area contributed by atoms with Gasteiger partial charge >= 0.3 is 0 Å². The molecule has 0 radical (unpaired) electrons. The monoisotopic (exact) mass is 284 g/mol. The Morgan fingerprint density at radius 2 is 2.00 bits per heavy atom. The van der Waals surface area contributed by atoms with E-state index in [1.165, 1.54) is 0 Å². The van der Waals surface area contributed by atoms with Crippen molar-refractivity contribution in [3.63, 3.8) is 0 Å². The van der Waals surface area contributed by atoms with Crippen LogP contribution in [0.3, 0.4) is 0 Å². The van der Waals surface area contributed by atoms with Crippen LogP contribution < -0.4 is 0 Å². The van der Waals surface area contributed by atoms with E-state index in [1.807, 2.05) is 31.1 Å². The van der Waals surface area contributed by atoms with E-state index in [4.69, 9.17) is 0 Å². The summed E-state index contributed by atoms with van der Waals surface area (Å²) in [5.74, 6) is 0.143. The van der Waals surface area contributed by atoms with Crippen molar-refractivity contribution in [1.82, 2.24) is 14.5 Å². The molecule has 0 fully saturated rings. The summed E-state index contributed by atoms with van der Waals surface area (Å²) >= 11 is 0. The molecule has 0 bridgehead atoms. The van der Waals surface area contributed by atoms with Gasteiger partial charge in [-0.25, -0.2) is 0 Å². The van der Waals surface area contributed by atoms with E-state index < -0.39 is 0 Å². The minimum absolute atomic E-state index is 0.143. The second kappa shape index (κ2) is 5.14. The summed E-state index contributed by atoms with van der Waals surface area (Å²) in [7, 11) is 4.00. The molecule has 1 aromatic carbocycles. The van der Waals surface area contributed by atoms with Crippen LogP contribution in [0.2, 0.25) is 0 Å². The third-order valence-corrected chi connectivity index (χ3v) is 3.62. The van der Waals surface area contributed by atoms with Crippen molar-refractivity contribution in [3.05, 3.63) is 35.8 Å². The molecule has 0 aliphatic carbocycles. The zero-order chi connectivity index (χ0) is 15.0. The van der Waals surface area contributed by atoms with Gasteiger partial charge in [-0.1, -0.05) is 0 Å². The van der Waals surface area contributed by atoms with Crippen molar-refractivity contribution in [1.29, 1.82) is 0 Å². The summed E-state index contributed by atoms with van der Waals surface area (Å²) in [6, 6.07) is 1.70. The molecule has 3 rings (SSSR count). The maximum Gasteiger partial charge on any atom is 0.134 e. The Labute approximate surface area is 121 Å². The second-order valence-electron chi connectivity index (χ2n) is 5.34. The van der Waals surface area contributed by atoms with Gasteiger partial charge in [-0.05, 0) is 25.3 Å². The number of pyridine rings is 1. The standard InChI is InChI=1S/C15H16N4O2/c1-18(2)5-6-19-8-12-13(9-19)15(20)11-7-16-4-3-10(11)14(12)17-21/h3-4,7-9,20H,5-6H2,1-2H3. The fraction of sp³-hybridized carbons (Fsp3) is 0.267. The van der Waals surface area contributed by atoms with Crippen LogP contribution in [0.1, 0.15) is 0 Å². The molecule has 0 aliphatic heterocycles. The number of rotatable bonds is 4. The van der Waals surface area contributed by atoms with Crippen molar-refractivity contribution in [2.75, 3.05) is 20.6 Å². The Bertz CT molecular complexity index is 823. The van der Waals surface area contributed by atoms with Gasteiger partial charge in [-0.3, -0.25) is 4.98 Å². The summed E-state index contributed by atoms with van der Waals surface area (Å²) in [6.45, 7) is 1.64. The van der Waals surface area contributed by atoms with E-state index in [0.29, 0.717) is 27.2 Å². The molecule has 0 atom stereocenters. The topological polar surface area (TPSA) is 70.7 Å². The second-order valence-corrected chi connectivity index (χ2v) is 5.34. The molecule has 0 spiro atoms. The Morgan fingerprint density at radius 1 is 1.24 bits per heavy atom. The molecule has 0 amide bonds. The first kappa shape index (κ1) is 13.5. The number of aromatic nitrogens is 2. The van der Waals surface area contributed by atoms with Gasteiger partial charge in [0.1, 0.15) is 11.4 Å². The predicted molar refractivity (Wildman–Crippen MR) is 82.9 cm³/mol. The number of phenols is 1. The number of hydrogen-bond acceptors (Lipinski definition) is 5. The smallest absolute Gasteiger partial charge is 0.134 e. The Balaban J connectivity index is 2.25. The highest BCUT2D eigenvalue weighted by atomic mass is 16.3. The molecule has 1 N–H and O–H groups in total. The van der Waals surface area contributed by atoms with Crippen LogP contribution in [0.4, 0.5) is 5.69 Å². The molecule has 0 saturated heterocycles. The molecule has 6 nitrogen and oxygen atoms in total. The SMILES string of the molecule is CN(C)CCn1cc2c(O)c3cnccc3c(N=O)c2c1. The van der Waals surface area contributed by atoms with Gasteiger partial charge in [0.2, 0.25) is 0 Å². The molecule has 0 unspecified atom stereocenters. The van der Waals surface area contributed by atoms with Crippen molar-refractivity contribution < 1.29 is 5.11 Å². The number of nitroso groups, excluding NO2 is 1. The fourth-order valence-electron chi connectivity index (χ4n) is 2.51. The Hall–Kier alpha value is -2.47. The number of benzene rings is 1. The van der Waals surface area contributed by atoms with E-state index >= 15 is 0 Å². The van der Waals surface area contributed by atoms with Gasteiger partial charge in [0.25, 0.3) is 0 Å². The molecule has 108 valence electrons. The normalized spacial score (nSPS) is 11.6. The van der Waals surface area contributed by atoms with E-state index in [9.17, 15) is 10.0 Å². The van der Waals surface area contributed by atoms with Crippen LogP contribution in [0, 0.1) is 4.91 Å². The molecule has 2 heterocycles. The average molecular weight is 284 g/mol. The van der Waals surface area contributed by atoms with Crippen molar-refractivity contribution in [2.24, 2.45) is 5.18 Å². The minimum Gasteiger partial charge on any atom is -0.507 e. The van der Waals surface area contributed by atoms with Crippen LogP contribution in [-0.2, 0) is 6.54 Å². The van der Waals surface area contributed by atoms with Gasteiger partial charge in [0.05, 0.1) is 0 Å². The minimum atomic E-state index is 0.143. The molecular formula is C15H16N4O2. The van der Waals surface area contributed by atoms with Gasteiger partial charge in [0, 0.05) is 59.4 Å². The van der Waals surface area contributed by atoms with E-state index in [2.05, 4.69) is 15.1 Å². The van der Waals surface area contributed by atoms with E-state index in [-0.39, 0.29) is 5.75 Å². The number of nitrogens with zero attached hydrogens (tertiary/aromatic N) is 4. The zero-order valence-corrected chi connectivity index (χ0v) is 11.9.